The first-order chi connectivity index (χ1) is 16.5. The van der Waals surface area contributed by atoms with Crippen LogP contribution >= 0.6 is 11.8 Å². The highest BCUT2D eigenvalue weighted by Gasteiger charge is 2.35. The molecule has 5 nitrogen and oxygen atoms in total. The molecule has 0 aliphatic carbocycles. The van der Waals surface area contributed by atoms with Gasteiger partial charge < -0.3 is 9.30 Å². The zero-order valence-corrected chi connectivity index (χ0v) is 20.1. The van der Waals surface area contributed by atoms with Crippen molar-refractivity contribution >= 4 is 39.8 Å². The van der Waals surface area contributed by atoms with Gasteiger partial charge in [-0.05, 0) is 71.8 Å². The van der Waals surface area contributed by atoms with E-state index in [2.05, 4.69) is 4.57 Å². The number of hydrogen-bond acceptors (Lipinski definition) is 4. The maximum absolute atomic E-state index is 13.2. The molecule has 6 heteroatoms. The molecule has 1 aromatic heterocycles. The van der Waals surface area contributed by atoms with Gasteiger partial charge in [-0.1, -0.05) is 48.5 Å². The van der Waals surface area contributed by atoms with E-state index in [1.807, 2.05) is 92.7 Å². The Bertz CT molecular complexity index is 1460. The van der Waals surface area contributed by atoms with E-state index in [-0.39, 0.29) is 17.7 Å². The van der Waals surface area contributed by atoms with Crippen molar-refractivity contribution < 1.29 is 14.3 Å². The Morgan fingerprint density at radius 2 is 1.71 bits per heavy atom. The van der Waals surface area contributed by atoms with Gasteiger partial charge in [-0.25, -0.2) is 0 Å². The van der Waals surface area contributed by atoms with Crippen LogP contribution in [0, 0.1) is 13.8 Å². The number of thioether (sulfide) groups is 1. The summed E-state index contributed by atoms with van der Waals surface area (Å²) in [6.07, 6.45) is 1.83. The van der Waals surface area contributed by atoms with Crippen LogP contribution in [0.1, 0.15) is 22.5 Å². The van der Waals surface area contributed by atoms with Gasteiger partial charge in [-0.2, -0.15) is 0 Å². The Kier molecular flexibility index (Phi) is 5.75. The lowest BCUT2D eigenvalue weighted by Gasteiger charge is -2.14. The van der Waals surface area contributed by atoms with E-state index < -0.39 is 0 Å². The molecule has 1 aliphatic heterocycles. The van der Waals surface area contributed by atoms with Gasteiger partial charge >= 0.3 is 0 Å². The van der Waals surface area contributed by atoms with Gasteiger partial charge in [-0.3, -0.25) is 14.5 Å². The SMILES string of the molecule is COc1cccc(-n2c(C)cc(/C=C3\SC(=O)N(Cc4cccc5ccccc45)C3=O)c2C)c1. The number of methoxy groups -OCH3 is 1. The van der Waals surface area contributed by atoms with Crippen molar-refractivity contribution in [3.63, 3.8) is 0 Å². The van der Waals surface area contributed by atoms with Gasteiger partial charge in [0.2, 0.25) is 0 Å². The van der Waals surface area contributed by atoms with E-state index in [9.17, 15) is 9.59 Å². The van der Waals surface area contributed by atoms with Crippen LogP contribution in [0.4, 0.5) is 4.79 Å². The van der Waals surface area contributed by atoms with Crippen molar-refractivity contribution in [2.75, 3.05) is 7.11 Å². The number of rotatable bonds is 5. The number of imide groups is 1. The molecule has 2 amide bonds. The largest absolute Gasteiger partial charge is 0.497 e. The average molecular weight is 469 g/mol. The molecule has 170 valence electrons. The monoisotopic (exact) mass is 468 g/mol. The maximum Gasteiger partial charge on any atom is 0.293 e. The van der Waals surface area contributed by atoms with Crippen molar-refractivity contribution in [1.82, 2.24) is 9.47 Å². The number of benzene rings is 3. The first-order valence-electron chi connectivity index (χ1n) is 11.0. The van der Waals surface area contributed by atoms with Crippen LogP contribution in [-0.4, -0.2) is 27.7 Å². The molecule has 1 aliphatic rings. The van der Waals surface area contributed by atoms with E-state index in [1.54, 1.807) is 7.11 Å². The molecule has 0 saturated carbocycles. The number of carbonyl (C=O) groups is 2. The summed E-state index contributed by atoms with van der Waals surface area (Å²) >= 11 is 0.996. The van der Waals surface area contributed by atoms with Crippen LogP contribution in [0.5, 0.6) is 5.75 Å². The number of nitrogens with zero attached hydrogens (tertiary/aromatic N) is 2. The highest BCUT2D eigenvalue weighted by molar-refractivity contribution is 8.18. The lowest BCUT2D eigenvalue weighted by molar-refractivity contribution is -0.123. The molecular formula is C28H24N2O3S. The van der Waals surface area contributed by atoms with Crippen LogP contribution in [0.2, 0.25) is 0 Å². The Morgan fingerprint density at radius 1 is 0.941 bits per heavy atom. The number of hydrogen-bond donors (Lipinski definition) is 0. The summed E-state index contributed by atoms with van der Waals surface area (Å²) in [5.74, 6) is 0.523. The van der Waals surface area contributed by atoms with Gasteiger partial charge in [0.15, 0.2) is 0 Å². The van der Waals surface area contributed by atoms with E-state index in [4.69, 9.17) is 4.74 Å². The van der Waals surface area contributed by atoms with Crippen LogP contribution < -0.4 is 4.74 Å². The smallest absolute Gasteiger partial charge is 0.293 e. The molecule has 3 aromatic carbocycles. The van der Waals surface area contributed by atoms with Crippen molar-refractivity contribution in [2.24, 2.45) is 0 Å². The Hall–Kier alpha value is -3.77. The summed E-state index contributed by atoms with van der Waals surface area (Å²) in [6, 6.07) is 23.9. The number of aromatic nitrogens is 1. The van der Waals surface area contributed by atoms with Crippen molar-refractivity contribution in [3.05, 3.63) is 100 Å². The molecule has 0 bridgehead atoms. The topological polar surface area (TPSA) is 51.5 Å². The van der Waals surface area contributed by atoms with Crippen molar-refractivity contribution in [2.45, 2.75) is 20.4 Å². The highest BCUT2D eigenvalue weighted by atomic mass is 32.2. The van der Waals surface area contributed by atoms with E-state index in [1.165, 1.54) is 4.90 Å². The average Bonchev–Trinajstić information content (AvgIpc) is 3.28. The second-order valence-electron chi connectivity index (χ2n) is 8.27. The fraction of sp³-hybridized carbons (Fsp3) is 0.143. The lowest BCUT2D eigenvalue weighted by atomic mass is 10.0. The molecule has 0 radical (unpaired) electrons. The number of ether oxygens (including phenoxy) is 1. The highest BCUT2D eigenvalue weighted by Crippen LogP contribution is 2.35. The third-order valence-electron chi connectivity index (χ3n) is 6.15. The summed E-state index contributed by atoms with van der Waals surface area (Å²) < 4.78 is 7.49. The van der Waals surface area contributed by atoms with Crippen LogP contribution in [0.15, 0.2) is 77.7 Å². The Balaban J connectivity index is 1.45. The van der Waals surface area contributed by atoms with E-state index in [0.717, 1.165) is 56.5 Å². The molecule has 4 aromatic rings. The third kappa shape index (κ3) is 3.90. The van der Waals surface area contributed by atoms with Crippen LogP contribution in [-0.2, 0) is 11.3 Å². The standard InChI is InChI=1S/C28H24N2O3S/c1-18-14-22(19(2)30(18)23-11-7-12-24(16-23)33-3)15-26-27(31)29(28(32)34-26)17-21-10-6-9-20-8-4-5-13-25(20)21/h4-16H,17H2,1-3H3/b26-15-. The minimum atomic E-state index is -0.255. The summed E-state index contributed by atoms with van der Waals surface area (Å²) in [5.41, 5.74) is 4.88. The number of amides is 2. The second kappa shape index (κ2) is 8.88. The predicted octanol–water partition coefficient (Wildman–Crippen LogP) is 6.49. The molecule has 0 unspecified atom stereocenters. The van der Waals surface area contributed by atoms with Gasteiger partial charge in [0.25, 0.3) is 11.1 Å². The lowest BCUT2D eigenvalue weighted by Crippen LogP contribution is -2.27. The molecule has 34 heavy (non-hydrogen) atoms. The number of carbonyl (C=O) groups excluding carboxylic acids is 2. The molecule has 0 N–H and O–H groups in total. The summed E-state index contributed by atoms with van der Waals surface area (Å²) in [5, 5.41) is 1.90. The second-order valence-corrected chi connectivity index (χ2v) is 9.26. The normalized spacial score (nSPS) is 15.0. The zero-order valence-electron chi connectivity index (χ0n) is 19.2. The van der Waals surface area contributed by atoms with E-state index >= 15 is 0 Å². The first kappa shape index (κ1) is 22.0. The summed E-state index contributed by atoms with van der Waals surface area (Å²) in [7, 11) is 1.65. The minimum Gasteiger partial charge on any atom is -0.497 e. The summed E-state index contributed by atoms with van der Waals surface area (Å²) in [4.78, 5) is 27.8. The first-order valence-corrected chi connectivity index (χ1v) is 11.8. The molecule has 1 saturated heterocycles. The van der Waals surface area contributed by atoms with Gasteiger partial charge in [-0.15, -0.1) is 0 Å². The van der Waals surface area contributed by atoms with E-state index in [0.29, 0.717) is 4.91 Å². The fourth-order valence-electron chi connectivity index (χ4n) is 4.46. The number of fused-ring (bicyclic) bond motifs is 1. The molecule has 5 rings (SSSR count). The fourth-order valence-corrected chi connectivity index (χ4v) is 5.29. The Morgan fingerprint density at radius 3 is 2.53 bits per heavy atom. The third-order valence-corrected chi connectivity index (χ3v) is 7.06. The molecule has 1 fully saturated rings. The van der Waals surface area contributed by atoms with Crippen molar-refractivity contribution in [3.8, 4) is 11.4 Å². The molecule has 0 spiro atoms. The molecular weight excluding hydrogens is 444 g/mol. The Labute approximate surface area is 202 Å². The predicted molar refractivity (Wildman–Crippen MR) is 137 cm³/mol. The van der Waals surface area contributed by atoms with Crippen molar-refractivity contribution in [1.29, 1.82) is 0 Å². The molecule has 0 atom stereocenters. The van der Waals surface area contributed by atoms with Gasteiger partial charge in [0, 0.05) is 23.1 Å². The van der Waals surface area contributed by atoms with Crippen LogP contribution in [0.3, 0.4) is 0 Å². The van der Waals surface area contributed by atoms with Crippen LogP contribution in [0.25, 0.3) is 22.5 Å². The zero-order chi connectivity index (χ0) is 23.8. The minimum absolute atomic E-state index is 0.245. The summed E-state index contributed by atoms with van der Waals surface area (Å²) in [6.45, 7) is 4.29. The van der Waals surface area contributed by atoms with Gasteiger partial charge in [0.05, 0.1) is 18.6 Å². The number of aryl methyl sites for hydroxylation is 1. The quantitative estimate of drug-likeness (QED) is 0.314. The maximum atomic E-state index is 13.2. The molecule has 2 heterocycles. The van der Waals surface area contributed by atoms with Gasteiger partial charge in [0.1, 0.15) is 5.75 Å².